The lowest BCUT2D eigenvalue weighted by molar-refractivity contribution is 0.825. The summed E-state index contributed by atoms with van der Waals surface area (Å²) in [5, 5.41) is 0. The number of thiazole rings is 1. The summed E-state index contributed by atoms with van der Waals surface area (Å²) in [6.45, 7) is 10.5. The van der Waals surface area contributed by atoms with Crippen LogP contribution in [0.25, 0.3) is 0 Å². The van der Waals surface area contributed by atoms with Gasteiger partial charge in [0, 0.05) is 4.88 Å². The maximum absolute atomic E-state index is 4.23. The molecule has 0 atom stereocenters. The van der Waals surface area contributed by atoms with Crippen LogP contribution in [0, 0.1) is 6.92 Å². The van der Waals surface area contributed by atoms with E-state index in [1.165, 1.54) is 10.6 Å². The second-order valence-electron chi connectivity index (χ2n) is 2.45. The molecule has 64 valence electrons. The molecule has 11 heavy (non-hydrogen) atoms. The third-order valence-corrected chi connectivity index (χ3v) is 2.10. The fourth-order valence-corrected chi connectivity index (χ4v) is 1.60. The van der Waals surface area contributed by atoms with E-state index in [0.29, 0.717) is 5.92 Å². The summed E-state index contributed by atoms with van der Waals surface area (Å²) in [4.78, 5) is 5.59. The summed E-state index contributed by atoms with van der Waals surface area (Å²) in [7, 11) is 0. The SMILES string of the molecule is CC.Cc1scnc1C(C)C. The van der Waals surface area contributed by atoms with Crippen LogP contribution >= 0.6 is 11.3 Å². The lowest BCUT2D eigenvalue weighted by Gasteiger charge is -1.98. The Bertz CT molecular complexity index is 191. The van der Waals surface area contributed by atoms with Crippen molar-refractivity contribution in [1.82, 2.24) is 4.98 Å². The first-order valence-corrected chi connectivity index (χ1v) is 4.99. The molecule has 0 aliphatic carbocycles. The van der Waals surface area contributed by atoms with Gasteiger partial charge in [0.15, 0.2) is 0 Å². The van der Waals surface area contributed by atoms with Gasteiger partial charge in [0.25, 0.3) is 0 Å². The van der Waals surface area contributed by atoms with Crippen molar-refractivity contribution in [2.24, 2.45) is 0 Å². The van der Waals surface area contributed by atoms with Gasteiger partial charge in [-0.15, -0.1) is 11.3 Å². The van der Waals surface area contributed by atoms with E-state index in [9.17, 15) is 0 Å². The zero-order valence-electron chi connectivity index (χ0n) is 8.01. The van der Waals surface area contributed by atoms with Crippen molar-refractivity contribution in [3.8, 4) is 0 Å². The quantitative estimate of drug-likeness (QED) is 0.629. The van der Waals surface area contributed by atoms with E-state index in [1.54, 1.807) is 11.3 Å². The minimum atomic E-state index is 0.580. The molecule has 0 bridgehead atoms. The Morgan fingerprint density at radius 3 is 2.09 bits per heavy atom. The highest BCUT2D eigenvalue weighted by Gasteiger charge is 2.03. The van der Waals surface area contributed by atoms with Crippen molar-refractivity contribution in [2.75, 3.05) is 0 Å². The van der Waals surface area contributed by atoms with Crippen LogP contribution in [0.1, 0.15) is 44.2 Å². The molecule has 0 amide bonds. The van der Waals surface area contributed by atoms with Gasteiger partial charge in [-0.2, -0.15) is 0 Å². The summed E-state index contributed by atoms with van der Waals surface area (Å²) in [5.74, 6) is 0.580. The number of aromatic nitrogens is 1. The molecular formula is C9H17NS. The van der Waals surface area contributed by atoms with Gasteiger partial charge < -0.3 is 0 Å². The third kappa shape index (κ3) is 3.02. The minimum Gasteiger partial charge on any atom is -0.249 e. The maximum Gasteiger partial charge on any atom is 0.0797 e. The molecule has 1 nitrogen and oxygen atoms in total. The highest BCUT2D eigenvalue weighted by Crippen LogP contribution is 2.19. The largest absolute Gasteiger partial charge is 0.249 e. The van der Waals surface area contributed by atoms with Crippen molar-refractivity contribution in [2.45, 2.75) is 40.5 Å². The van der Waals surface area contributed by atoms with E-state index >= 15 is 0 Å². The Kier molecular flexibility index (Phi) is 5.12. The summed E-state index contributed by atoms with van der Waals surface area (Å²) < 4.78 is 0. The van der Waals surface area contributed by atoms with E-state index in [0.717, 1.165) is 0 Å². The van der Waals surface area contributed by atoms with Gasteiger partial charge in [-0.3, -0.25) is 0 Å². The molecule has 1 rings (SSSR count). The first-order chi connectivity index (χ1) is 5.22. The molecule has 1 aromatic heterocycles. The Morgan fingerprint density at radius 1 is 1.36 bits per heavy atom. The molecule has 2 heteroatoms. The van der Waals surface area contributed by atoms with Gasteiger partial charge in [-0.25, -0.2) is 4.98 Å². The van der Waals surface area contributed by atoms with Crippen LogP contribution < -0.4 is 0 Å². The Labute approximate surface area is 73.5 Å². The first-order valence-electron chi connectivity index (χ1n) is 4.12. The molecule has 1 aromatic rings. The van der Waals surface area contributed by atoms with Crippen molar-refractivity contribution in [3.05, 3.63) is 16.1 Å². The Balaban J connectivity index is 0.000000461. The van der Waals surface area contributed by atoms with Gasteiger partial charge in [-0.05, 0) is 12.8 Å². The highest BCUT2D eigenvalue weighted by molar-refractivity contribution is 7.09. The van der Waals surface area contributed by atoms with Crippen LogP contribution in [-0.2, 0) is 0 Å². The summed E-state index contributed by atoms with van der Waals surface area (Å²) >= 11 is 1.72. The first kappa shape index (κ1) is 10.6. The molecule has 0 fully saturated rings. The monoisotopic (exact) mass is 171 g/mol. The zero-order valence-corrected chi connectivity index (χ0v) is 8.83. The predicted molar refractivity (Wildman–Crippen MR) is 52.3 cm³/mol. The fraction of sp³-hybridized carbons (Fsp3) is 0.667. The molecule has 0 saturated carbocycles. The molecule has 0 aliphatic rings. The summed E-state index contributed by atoms with van der Waals surface area (Å²) in [6.07, 6.45) is 0. The van der Waals surface area contributed by atoms with Gasteiger partial charge in [0.05, 0.1) is 11.2 Å². The molecule has 0 aromatic carbocycles. The van der Waals surface area contributed by atoms with Crippen LogP contribution in [0.4, 0.5) is 0 Å². The topological polar surface area (TPSA) is 12.9 Å². The van der Waals surface area contributed by atoms with Crippen LogP contribution in [0.3, 0.4) is 0 Å². The molecule has 0 spiro atoms. The minimum absolute atomic E-state index is 0.580. The smallest absolute Gasteiger partial charge is 0.0797 e. The van der Waals surface area contributed by atoms with Gasteiger partial charge in [0.2, 0.25) is 0 Å². The normalized spacial score (nSPS) is 9.27. The van der Waals surface area contributed by atoms with E-state index in [1.807, 2.05) is 19.4 Å². The zero-order chi connectivity index (χ0) is 8.85. The van der Waals surface area contributed by atoms with Crippen molar-refractivity contribution < 1.29 is 0 Å². The second-order valence-corrected chi connectivity index (χ2v) is 3.51. The van der Waals surface area contributed by atoms with Gasteiger partial charge >= 0.3 is 0 Å². The number of hydrogen-bond donors (Lipinski definition) is 0. The number of aryl methyl sites for hydroxylation is 1. The number of rotatable bonds is 1. The van der Waals surface area contributed by atoms with Crippen molar-refractivity contribution in [1.29, 1.82) is 0 Å². The lowest BCUT2D eigenvalue weighted by Crippen LogP contribution is -1.88. The molecule has 0 N–H and O–H groups in total. The Morgan fingerprint density at radius 2 is 1.91 bits per heavy atom. The average Bonchev–Trinajstić information content (AvgIpc) is 2.39. The summed E-state index contributed by atoms with van der Waals surface area (Å²) in [5.41, 5.74) is 3.16. The van der Waals surface area contributed by atoms with Crippen LogP contribution in [-0.4, -0.2) is 4.98 Å². The average molecular weight is 171 g/mol. The van der Waals surface area contributed by atoms with E-state index < -0.39 is 0 Å². The predicted octanol–water partition coefficient (Wildman–Crippen LogP) is 3.60. The van der Waals surface area contributed by atoms with Crippen molar-refractivity contribution in [3.63, 3.8) is 0 Å². The van der Waals surface area contributed by atoms with Gasteiger partial charge in [-0.1, -0.05) is 27.7 Å². The maximum atomic E-state index is 4.23. The number of hydrogen-bond acceptors (Lipinski definition) is 2. The third-order valence-electron chi connectivity index (χ3n) is 1.33. The Hall–Kier alpha value is -0.370. The second kappa shape index (κ2) is 5.30. The van der Waals surface area contributed by atoms with Crippen LogP contribution in [0.2, 0.25) is 0 Å². The molecular weight excluding hydrogens is 154 g/mol. The van der Waals surface area contributed by atoms with E-state index in [-0.39, 0.29) is 0 Å². The molecule has 1 heterocycles. The standard InChI is InChI=1S/C7H11NS.C2H6/c1-5(2)7-6(3)9-4-8-7;1-2/h4-5H,1-3H3;1-2H3. The lowest BCUT2D eigenvalue weighted by atomic mass is 10.1. The molecule has 0 unspecified atom stereocenters. The van der Waals surface area contributed by atoms with Crippen LogP contribution in [0.5, 0.6) is 0 Å². The van der Waals surface area contributed by atoms with Crippen molar-refractivity contribution >= 4 is 11.3 Å². The van der Waals surface area contributed by atoms with E-state index in [4.69, 9.17) is 0 Å². The van der Waals surface area contributed by atoms with Gasteiger partial charge in [0.1, 0.15) is 0 Å². The van der Waals surface area contributed by atoms with Crippen LogP contribution in [0.15, 0.2) is 5.51 Å². The summed E-state index contributed by atoms with van der Waals surface area (Å²) in [6, 6.07) is 0. The highest BCUT2D eigenvalue weighted by atomic mass is 32.1. The molecule has 0 aliphatic heterocycles. The van der Waals surface area contributed by atoms with E-state index in [2.05, 4.69) is 25.8 Å². The molecule has 0 radical (unpaired) electrons. The fourth-order valence-electron chi connectivity index (χ4n) is 0.869. The number of nitrogens with zero attached hydrogens (tertiary/aromatic N) is 1. The molecule has 0 saturated heterocycles.